The van der Waals surface area contributed by atoms with E-state index in [0.717, 1.165) is 11.3 Å². The summed E-state index contributed by atoms with van der Waals surface area (Å²) in [5.74, 6) is -1.45. The van der Waals surface area contributed by atoms with Crippen molar-refractivity contribution in [2.45, 2.75) is 20.0 Å². The second-order valence-corrected chi connectivity index (χ2v) is 5.66. The molecule has 0 unspecified atom stereocenters. The fraction of sp³-hybridized carbons (Fsp3) is 0.167. The molecule has 0 saturated heterocycles. The zero-order valence-electron chi connectivity index (χ0n) is 14.2. The van der Waals surface area contributed by atoms with E-state index < -0.39 is 11.8 Å². The van der Waals surface area contributed by atoms with Gasteiger partial charge in [-0.1, -0.05) is 24.3 Å². The van der Waals surface area contributed by atoms with Crippen molar-refractivity contribution in [2.24, 2.45) is 0 Å². The van der Waals surface area contributed by atoms with E-state index in [1.165, 1.54) is 6.33 Å². The third-order valence-corrected chi connectivity index (χ3v) is 3.65. The lowest BCUT2D eigenvalue weighted by Gasteiger charge is -2.11. The topological polar surface area (TPSA) is 102 Å². The van der Waals surface area contributed by atoms with Crippen molar-refractivity contribution in [3.8, 4) is 0 Å². The van der Waals surface area contributed by atoms with Crippen molar-refractivity contribution in [1.82, 2.24) is 25.1 Å². The van der Waals surface area contributed by atoms with Crippen LogP contribution in [0.25, 0.3) is 0 Å². The number of benzene rings is 1. The largest absolute Gasteiger partial charge is 0.342 e. The Hall–Kier alpha value is -3.55. The summed E-state index contributed by atoms with van der Waals surface area (Å²) in [4.78, 5) is 32.4. The first-order valence-electron chi connectivity index (χ1n) is 8.04. The molecule has 3 rings (SSSR count). The highest BCUT2D eigenvalue weighted by atomic mass is 16.2. The first-order chi connectivity index (χ1) is 12.6. The van der Waals surface area contributed by atoms with Crippen molar-refractivity contribution in [3.05, 3.63) is 72.1 Å². The number of rotatable bonds is 5. The predicted octanol–water partition coefficient (Wildman–Crippen LogP) is 1.28. The number of carbonyl (C=O) groups is 2. The van der Waals surface area contributed by atoms with Crippen LogP contribution >= 0.6 is 0 Å². The van der Waals surface area contributed by atoms with Crippen LogP contribution in [0.5, 0.6) is 0 Å². The average molecular weight is 350 g/mol. The minimum absolute atomic E-state index is 0.189. The number of hydrogen-bond donors (Lipinski definition) is 2. The number of para-hydroxylation sites is 1. The van der Waals surface area contributed by atoms with Crippen molar-refractivity contribution in [3.63, 3.8) is 0 Å². The zero-order chi connectivity index (χ0) is 18.4. The Morgan fingerprint density at radius 3 is 2.69 bits per heavy atom. The maximum absolute atomic E-state index is 12.2. The fourth-order valence-corrected chi connectivity index (χ4v) is 2.40. The number of pyridine rings is 1. The van der Waals surface area contributed by atoms with Crippen LogP contribution in [0.2, 0.25) is 0 Å². The minimum atomic E-state index is -0.733. The van der Waals surface area contributed by atoms with Gasteiger partial charge in [0, 0.05) is 11.4 Å². The molecule has 0 bridgehead atoms. The van der Waals surface area contributed by atoms with Gasteiger partial charge in [0.15, 0.2) is 0 Å². The van der Waals surface area contributed by atoms with Gasteiger partial charge < -0.3 is 10.6 Å². The lowest BCUT2D eigenvalue weighted by atomic mass is 10.1. The van der Waals surface area contributed by atoms with Gasteiger partial charge in [0.05, 0.1) is 18.8 Å². The van der Waals surface area contributed by atoms with Crippen LogP contribution in [0.15, 0.2) is 55.1 Å². The van der Waals surface area contributed by atoms with Gasteiger partial charge >= 0.3 is 11.8 Å². The summed E-state index contributed by atoms with van der Waals surface area (Å²) < 4.78 is 1.63. The summed E-state index contributed by atoms with van der Waals surface area (Å²) in [5, 5.41) is 9.25. The first kappa shape index (κ1) is 17.3. The van der Waals surface area contributed by atoms with E-state index in [9.17, 15) is 9.59 Å². The van der Waals surface area contributed by atoms with Gasteiger partial charge in [0.1, 0.15) is 12.7 Å². The smallest absolute Gasteiger partial charge is 0.313 e. The fourth-order valence-electron chi connectivity index (χ4n) is 2.40. The second-order valence-electron chi connectivity index (χ2n) is 5.66. The Balaban J connectivity index is 1.61. The summed E-state index contributed by atoms with van der Waals surface area (Å²) in [6.07, 6.45) is 3.02. The molecule has 0 fully saturated rings. The predicted molar refractivity (Wildman–Crippen MR) is 95.0 cm³/mol. The number of aryl methyl sites for hydroxylation is 1. The maximum atomic E-state index is 12.2. The van der Waals surface area contributed by atoms with Crippen LogP contribution in [0, 0.1) is 6.92 Å². The van der Waals surface area contributed by atoms with Gasteiger partial charge in [0.2, 0.25) is 0 Å². The Bertz CT molecular complexity index is 908. The molecule has 26 heavy (non-hydrogen) atoms. The quantitative estimate of drug-likeness (QED) is 0.675. The van der Waals surface area contributed by atoms with Gasteiger partial charge in [-0.3, -0.25) is 14.6 Å². The third-order valence-electron chi connectivity index (χ3n) is 3.65. The van der Waals surface area contributed by atoms with Gasteiger partial charge in [-0.2, -0.15) is 5.10 Å². The normalized spacial score (nSPS) is 10.3. The molecule has 0 atom stereocenters. The molecule has 0 spiro atoms. The molecule has 0 radical (unpaired) electrons. The molecule has 1 aromatic carbocycles. The Morgan fingerprint density at radius 1 is 1.08 bits per heavy atom. The maximum Gasteiger partial charge on any atom is 0.313 e. The molecule has 2 heterocycles. The van der Waals surface area contributed by atoms with Crippen LogP contribution in [0.1, 0.15) is 17.0 Å². The Kier molecular flexibility index (Phi) is 5.33. The number of nitrogens with zero attached hydrogens (tertiary/aromatic N) is 4. The Labute approximate surface area is 150 Å². The lowest BCUT2D eigenvalue weighted by Crippen LogP contribution is -2.35. The highest BCUT2D eigenvalue weighted by Crippen LogP contribution is 2.15. The summed E-state index contributed by atoms with van der Waals surface area (Å²) in [7, 11) is 0. The van der Waals surface area contributed by atoms with Crippen LogP contribution in [0.3, 0.4) is 0 Å². The molecule has 0 aliphatic rings. The number of anilines is 1. The average Bonchev–Trinajstić information content (AvgIpc) is 3.14. The molecular formula is C18H18N6O2. The molecule has 8 heteroatoms. The van der Waals surface area contributed by atoms with Gasteiger partial charge in [-0.15, -0.1) is 0 Å². The zero-order valence-corrected chi connectivity index (χ0v) is 14.2. The van der Waals surface area contributed by atoms with Gasteiger partial charge in [-0.25, -0.2) is 9.67 Å². The molecule has 3 aromatic rings. The Morgan fingerprint density at radius 2 is 1.92 bits per heavy atom. The van der Waals surface area contributed by atoms with Gasteiger partial charge in [-0.05, 0) is 30.7 Å². The monoisotopic (exact) mass is 350 g/mol. The molecule has 8 nitrogen and oxygen atoms in total. The molecule has 2 aromatic heterocycles. The van der Waals surface area contributed by atoms with Crippen molar-refractivity contribution < 1.29 is 9.59 Å². The van der Waals surface area contributed by atoms with E-state index in [1.54, 1.807) is 29.2 Å². The van der Waals surface area contributed by atoms with Crippen molar-refractivity contribution in [1.29, 1.82) is 0 Å². The van der Waals surface area contributed by atoms with E-state index in [-0.39, 0.29) is 6.54 Å². The molecule has 0 aliphatic carbocycles. The summed E-state index contributed by atoms with van der Waals surface area (Å²) in [6.45, 7) is 2.49. The first-order valence-corrected chi connectivity index (χ1v) is 8.04. The minimum Gasteiger partial charge on any atom is -0.342 e. The van der Waals surface area contributed by atoms with Crippen LogP contribution in [0.4, 0.5) is 5.69 Å². The van der Waals surface area contributed by atoms with Crippen molar-refractivity contribution >= 4 is 17.5 Å². The second kappa shape index (κ2) is 8.02. The third kappa shape index (κ3) is 4.50. The number of amides is 2. The van der Waals surface area contributed by atoms with E-state index in [2.05, 4.69) is 25.7 Å². The van der Waals surface area contributed by atoms with Crippen LogP contribution < -0.4 is 10.6 Å². The standard InChI is InChI=1S/C18H18N6O2/c1-13-5-4-7-15(22-13)9-20-17(25)18(26)23-16-8-3-2-6-14(16)10-24-12-19-11-21-24/h2-8,11-12H,9-10H2,1H3,(H,20,25)(H,23,26). The lowest BCUT2D eigenvalue weighted by molar-refractivity contribution is -0.136. The number of hydrogen-bond acceptors (Lipinski definition) is 5. The number of nitrogens with one attached hydrogen (secondary N) is 2. The van der Waals surface area contributed by atoms with Gasteiger partial charge in [0.25, 0.3) is 0 Å². The van der Waals surface area contributed by atoms with Crippen LogP contribution in [-0.2, 0) is 22.7 Å². The molecule has 0 saturated carbocycles. The van der Waals surface area contributed by atoms with Crippen LogP contribution in [-0.4, -0.2) is 31.6 Å². The summed E-state index contributed by atoms with van der Waals surface area (Å²) in [5.41, 5.74) is 2.91. The van der Waals surface area contributed by atoms with E-state index in [0.29, 0.717) is 17.9 Å². The summed E-state index contributed by atoms with van der Waals surface area (Å²) >= 11 is 0. The summed E-state index contributed by atoms with van der Waals surface area (Å²) in [6, 6.07) is 12.7. The number of aromatic nitrogens is 4. The SMILES string of the molecule is Cc1cccc(CNC(=O)C(=O)Nc2ccccc2Cn2cncn2)n1. The highest BCUT2D eigenvalue weighted by molar-refractivity contribution is 6.39. The van der Waals surface area contributed by atoms with E-state index >= 15 is 0 Å². The number of carbonyl (C=O) groups excluding carboxylic acids is 2. The molecular weight excluding hydrogens is 332 g/mol. The highest BCUT2D eigenvalue weighted by Gasteiger charge is 2.15. The van der Waals surface area contributed by atoms with Crippen molar-refractivity contribution in [2.75, 3.05) is 5.32 Å². The molecule has 132 valence electrons. The van der Waals surface area contributed by atoms with E-state index in [1.807, 2.05) is 31.2 Å². The molecule has 0 aliphatic heterocycles. The molecule has 2 N–H and O–H groups in total. The van der Waals surface area contributed by atoms with E-state index in [4.69, 9.17) is 0 Å². The molecule has 2 amide bonds.